The zero-order valence-corrected chi connectivity index (χ0v) is 13.0. The van der Waals surface area contributed by atoms with Crippen molar-refractivity contribution in [2.75, 3.05) is 13.2 Å². The van der Waals surface area contributed by atoms with E-state index in [4.69, 9.17) is 4.74 Å². The van der Waals surface area contributed by atoms with Gasteiger partial charge in [-0.1, -0.05) is 0 Å². The molecule has 1 aliphatic rings. The minimum absolute atomic E-state index is 0.0841. The van der Waals surface area contributed by atoms with E-state index < -0.39 is 5.82 Å². The van der Waals surface area contributed by atoms with Gasteiger partial charge >= 0.3 is 0 Å². The molecule has 1 fully saturated rings. The van der Waals surface area contributed by atoms with E-state index in [1.165, 1.54) is 18.2 Å². The van der Waals surface area contributed by atoms with Crippen molar-refractivity contribution < 1.29 is 18.6 Å². The topological polar surface area (TPSA) is 34.4 Å². The first kappa shape index (κ1) is 15.1. The van der Waals surface area contributed by atoms with Gasteiger partial charge in [-0.25, -0.2) is 8.78 Å². The Hall–Kier alpha value is -2.40. The number of phenols is 1. The van der Waals surface area contributed by atoms with Crippen LogP contribution in [-0.2, 0) is 4.74 Å². The summed E-state index contributed by atoms with van der Waals surface area (Å²) in [6.07, 6.45) is 1.72. The van der Waals surface area contributed by atoms with Crippen LogP contribution in [0.3, 0.4) is 0 Å². The van der Waals surface area contributed by atoms with E-state index in [1.807, 2.05) is 10.6 Å². The Balaban J connectivity index is 1.97. The van der Waals surface area contributed by atoms with Crippen LogP contribution in [-0.4, -0.2) is 22.9 Å². The third kappa shape index (κ3) is 2.55. The van der Waals surface area contributed by atoms with Gasteiger partial charge in [0.1, 0.15) is 17.4 Å². The van der Waals surface area contributed by atoms with Gasteiger partial charge in [0.25, 0.3) is 0 Å². The first-order valence-electron chi connectivity index (χ1n) is 8.01. The van der Waals surface area contributed by atoms with Crippen molar-refractivity contribution in [1.82, 2.24) is 4.57 Å². The minimum Gasteiger partial charge on any atom is -0.507 e. The monoisotopic (exact) mass is 329 g/mol. The van der Waals surface area contributed by atoms with Crippen LogP contribution in [0.15, 0.2) is 42.5 Å². The Labute approximate surface area is 138 Å². The Morgan fingerprint density at radius 3 is 2.38 bits per heavy atom. The number of aromatic nitrogens is 1. The number of fused-ring (bicyclic) bond motifs is 1. The van der Waals surface area contributed by atoms with Crippen molar-refractivity contribution in [1.29, 1.82) is 0 Å². The van der Waals surface area contributed by atoms with Crippen LogP contribution < -0.4 is 0 Å². The number of rotatable bonds is 2. The molecule has 0 atom stereocenters. The van der Waals surface area contributed by atoms with Crippen LogP contribution in [0.25, 0.3) is 16.6 Å². The summed E-state index contributed by atoms with van der Waals surface area (Å²) in [5, 5.41) is 10.7. The summed E-state index contributed by atoms with van der Waals surface area (Å²) in [5.74, 6) is -0.658. The first-order valence-corrected chi connectivity index (χ1v) is 8.01. The molecule has 2 heterocycles. The molecule has 0 unspecified atom stereocenters. The maximum absolute atomic E-state index is 13.9. The zero-order valence-electron chi connectivity index (χ0n) is 13.0. The number of phenolic OH excluding ortho intramolecular Hbond substituents is 1. The van der Waals surface area contributed by atoms with Crippen LogP contribution >= 0.6 is 0 Å². The largest absolute Gasteiger partial charge is 0.507 e. The molecule has 0 bridgehead atoms. The maximum Gasteiger partial charge on any atom is 0.129 e. The molecule has 24 heavy (non-hydrogen) atoms. The minimum atomic E-state index is -0.500. The quantitative estimate of drug-likeness (QED) is 0.751. The van der Waals surface area contributed by atoms with Gasteiger partial charge in [-0.05, 0) is 49.2 Å². The number of aromatic hydroxyl groups is 1. The van der Waals surface area contributed by atoms with Crippen molar-refractivity contribution in [3.8, 4) is 11.4 Å². The van der Waals surface area contributed by atoms with Crippen molar-refractivity contribution in [2.24, 2.45) is 0 Å². The summed E-state index contributed by atoms with van der Waals surface area (Å²) in [5.41, 5.74) is 2.32. The van der Waals surface area contributed by atoms with E-state index in [-0.39, 0.29) is 17.5 Å². The molecule has 1 aliphatic heterocycles. The molecule has 3 aromatic rings. The Morgan fingerprint density at radius 2 is 1.67 bits per heavy atom. The van der Waals surface area contributed by atoms with Crippen molar-refractivity contribution in [3.05, 3.63) is 59.8 Å². The summed E-state index contributed by atoms with van der Waals surface area (Å²) in [7, 11) is 0. The molecule has 0 aliphatic carbocycles. The molecule has 4 rings (SSSR count). The molecule has 124 valence electrons. The molecule has 5 heteroatoms. The summed E-state index contributed by atoms with van der Waals surface area (Å²) in [4.78, 5) is 0. The third-order valence-corrected chi connectivity index (χ3v) is 4.62. The fraction of sp³-hybridized carbons (Fsp3) is 0.263. The highest BCUT2D eigenvalue weighted by Gasteiger charge is 2.23. The van der Waals surface area contributed by atoms with Crippen LogP contribution in [0.2, 0.25) is 0 Å². The van der Waals surface area contributed by atoms with E-state index in [1.54, 1.807) is 12.1 Å². The average Bonchev–Trinajstić information content (AvgIpc) is 2.96. The Kier molecular flexibility index (Phi) is 3.73. The van der Waals surface area contributed by atoms with Gasteiger partial charge in [0.15, 0.2) is 0 Å². The number of ether oxygens (including phenoxy) is 1. The molecule has 0 spiro atoms. The van der Waals surface area contributed by atoms with Crippen LogP contribution in [0.5, 0.6) is 5.75 Å². The molecule has 2 aromatic carbocycles. The van der Waals surface area contributed by atoms with Crippen molar-refractivity contribution in [2.45, 2.75) is 18.8 Å². The van der Waals surface area contributed by atoms with E-state index in [0.717, 1.165) is 30.3 Å². The second-order valence-corrected chi connectivity index (χ2v) is 6.13. The van der Waals surface area contributed by atoms with Gasteiger partial charge in [0.2, 0.25) is 0 Å². The lowest BCUT2D eigenvalue weighted by molar-refractivity contribution is 0.0842. The van der Waals surface area contributed by atoms with E-state index >= 15 is 0 Å². The Bertz CT molecular complexity index is 881. The van der Waals surface area contributed by atoms with Crippen molar-refractivity contribution in [3.63, 3.8) is 0 Å². The highest BCUT2D eigenvalue weighted by molar-refractivity contribution is 5.89. The number of hydrogen-bond acceptors (Lipinski definition) is 2. The van der Waals surface area contributed by atoms with Gasteiger partial charge in [-0.2, -0.15) is 0 Å². The fourth-order valence-corrected chi connectivity index (χ4v) is 3.45. The van der Waals surface area contributed by atoms with Gasteiger partial charge in [0, 0.05) is 42.0 Å². The second kappa shape index (κ2) is 5.91. The van der Waals surface area contributed by atoms with E-state index in [9.17, 15) is 13.9 Å². The van der Waals surface area contributed by atoms with E-state index in [0.29, 0.717) is 24.1 Å². The second-order valence-electron chi connectivity index (χ2n) is 6.13. The summed E-state index contributed by atoms with van der Waals surface area (Å²) >= 11 is 0. The highest BCUT2D eigenvalue weighted by Crippen LogP contribution is 2.37. The predicted octanol–water partition coefficient (Wildman–Crippen LogP) is 4.51. The average molecular weight is 329 g/mol. The van der Waals surface area contributed by atoms with Crippen LogP contribution in [0.1, 0.15) is 24.5 Å². The molecule has 0 radical (unpaired) electrons. The molecular formula is C19H17F2NO2. The zero-order chi connectivity index (χ0) is 16.7. The number of nitrogens with zero attached hydrogens (tertiary/aromatic N) is 1. The van der Waals surface area contributed by atoms with Crippen LogP contribution in [0, 0.1) is 11.6 Å². The van der Waals surface area contributed by atoms with Crippen LogP contribution in [0.4, 0.5) is 8.78 Å². The maximum atomic E-state index is 13.9. The molecule has 3 nitrogen and oxygen atoms in total. The summed E-state index contributed by atoms with van der Waals surface area (Å²) in [6.45, 7) is 1.35. The van der Waals surface area contributed by atoms with Gasteiger partial charge in [0.05, 0.1) is 5.52 Å². The van der Waals surface area contributed by atoms with Gasteiger partial charge in [-0.3, -0.25) is 0 Å². The molecule has 1 N–H and O–H groups in total. The summed E-state index contributed by atoms with van der Waals surface area (Å²) < 4.78 is 34.5. The number of hydrogen-bond donors (Lipinski definition) is 1. The number of benzene rings is 2. The lowest BCUT2D eigenvalue weighted by atomic mass is 9.96. The SMILES string of the molecule is Oc1cc(F)cc2c1cc(C1CCOCC1)n2-c1ccc(F)cc1. The normalized spacial score (nSPS) is 15.9. The Morgan fingerprint density at radius 1 is 0.958 bits per heavy atom. The highest BCUT2D eigenvalue weighted by atomic mass is 19.1. The lowest BCUT2D eigenvalue weighted by Gasteiger charge is -2.24. The molecule has 1 saturated heterocycles. The van der Waals surface area contributed by atoms with Gasteiger partial charge < -0.3 is 14.4 Å². The van der Waals surface area contributed by atoms with Crippen molar-refractivity contribution >= 4 is 10.9 Å². The third-order valence-electron chi connectivity index (χ3n) is 4.62. The standard InChI is InChI=1S/C19H17F2NO2/c20-13-1-3-15(4-2-13)22-17(12-5-7-24-8-6-12)11-16-18(22)9-14(21)10-19(16)23/h1-4,9-12,23H,5-8H2. The summed E-state index contributed by atoms with van der Waals surface area (Å²) in [6, 6.07) is 10.5. The first-order chi connectivity index (χ1) is 11.6. The molecule has 0 amide bonds. The predicted molar refractivity (Wildman–Crippen MR) is 87.6 cm³/mol. The number of halogens is 2. The lowest BCUT2D eigenvalue weighted by Crippen LogP contribution is -2.16. The fourth-order valence-electron chi connectivity index (χ4n) is 3.45. The van der Waals surface area contributed by atoms with Gasteiger partial charge in [-0.15, -0.1) is 0 Å². The smallest absolute Gasteiger partial charge is 0.129 e. The molecule has 1 aromatic heterocycles. The van der Waals surface area contributed by atoms with E-state index in [2.05, 4.69) is 0 Å². The molecule has 0 saturated carbocycles. The molecular weight excluding hydrogens is 312 g/mol.